The summed E-state index contributed by atoms with van der Waals surface area (Å²) >= 11 is 0. The zero-order valence-electron chi connectivity index (χ0n) is 22.4. The second kappa shape index (κ2) is 13.2. The van der Waals surface area contributed by atoms with Gasteiger partial charge in [-0.25, -0.2) is 12.8 Å². The molecule has 0 saturated heterocycles. The average molecular weight is 571 g/mol. The minimum atomic E-state index is -4.36. The molecule has 0 fully saturated rings. The van der Waals surface area contributed by atoms with Crippen molar-refractivity contribution in [3.63, 3.8) is 0 Å². The number of carbonyl (C=O) groups is 2. The molecule has 0 heterocycles. The maximum absolute atomic E-state index is 13.8. The summed E-state index contributed by atoms with van der Waals surface area (Å²) < 4.78 is 41.8. The Kier molecular flexibility index (Phi) is 9.94. The maximum atomic E-state index is 13.8. The number of non-ortho nitro benzene ring substituents is 1. The van der Waals surface area contributed by atoms with Crippen LogP contribution in [0.3, 0.4) is 0 Å². The fourth-order valence-corrected chi connectivity index (χ4v) is 5.27. The molecule has 0 radical (unpaired) electrons. The van der Waals surface area contributed by atoms with E-state index in [0.29, 0.717) is 12.0 Å². The third kappa shape index (κ3) is 7.41. The molecule has 0 saturated carbocycles. The van der Waals surface area contributed by atoms with Crippen molar-refractivity contribution in [3.05, 3.63) is 100 Å². The molecule has 1 N–H and O–H groups in total. The summed E-state index contributed by atoms with van der Waals surface area (Å²) in [6.45, 7) is 4.36. The Morgan fingerprint density at radius 1 is 1.00 bits per heavy atom. The van der Waals surface area contributed by atoms with Crippen molar-refractivity contribution in [1.82, 2.24) is 10.2 Å². The Hall–Kier alpha value is -4.32. The zero-order valence-corrected chi connectivity index (χ0v) is 23.2. The van der Waals surface area contributed by atoms with Crippen molar-refractivity contribution in [3.8, 4) is 0 Å². The van der Waals surface area contributed by atoms with Crippen molar-refractivity contribution in [1.29, 1.82) is 0 Å². The Bertz CT molecular complexity index is 1450. The fourth-order valence-electron chi connectivity index (χ4n) is 3.84. The minimum absolute atomic E-state index is 0.0927. The lowest BCUT2D eigenvalue weighted by molar-refractivity contribution is -0.384. The van der Waals surface area contributed by atoms with E-state index in [0.717, 1.165) is 10.4 Å². The van der Waals surface area contributed by atoms with Gasteiger partial charge in [0.05, 0.1) is 15.5 Å². The first kappa shape index (κ1) is 30.2. The van der Waals surface area contributed by atoms with Crippen LogP contribution in [0, 0.1) is 15.9 Å². The van der Waals surface area contributed by atoms with Crippen LogP contribution in [-0.2, 0) is 26.2 Å². The number of nitro benzene ring substituents is 1. The van der Waals surface area contributed by atoms with E-state index in [1.165, 1.54) is 78.6 Å². The highest BCUT2D eigenvalue weighted by Crippen LogP contribution is 2.27. The van der Waals surface area contributed by atoms with Crippen LogP contribution in [0.4, 0.5) is 15.8 Å². The summed E-state index contributed by atoms with van der Waals surface area (Å²) in [5.41, 5.74) is 0.0679. The van der Waals surface area contributed by atoms with E-state index in [-0.39, 0.29) is 28.9 Å². The predicted molar refractivity (Wildman–Crippen MR) is 148 cm³/mol. The van der Waals surface area contributed by atoms with Gasteiger partial charge in [-0.15, -0.1) is 0 Å². The number of nitrogens with zero attached hydrogens (tertiary/aromatic N) is 3. The highest BCUT2D eigenvalue weighted by Gasteiger charge is 2.33. The number of sulfonamides is 1. The monoisotopic (exact) mass is 570 g/mol. The molecule has 10 nitrogen and oxygen atoms in total. The van der Waals surface area contributed by atoms with E-state index < -0.39 is 45.2 Å². The lowest BCUT2D eigenvalue weighted by Gasteiger charge is -2.32. The van der Waals surface area contributed by atoms with Crippen LogP contribution in [-0.4, -0.2) is 48.7 Å². The van der Waals surface area contributed by atoms with Gasteiger partial charge in [-0.1, -0.05) is 43.3 Å². The number of halogens is 1. The van der Waals surface area contributed by atoms with E-state index in [9.17, 15) is 32.5 Å². The van der Waals surface area contributed by atoms with Crippen LogP contribution in [0.15, 0.2) is 83.8 Å². The quantitative estimate of drug-likeness (QED) is 0.256. The van der Waals surface area contributed by atoms with Crippen LogP contribution < -0.4 is 9.62 Å². The number of nitrogens with one attached hydrogen (secondary N) is 1. The van der Waals surface area contributed by atoms with Crippen LogP contribution in [0.1, 0.15) is 32.8 Å². The fraction of sp³-hybridized carbons (Fsp3) is 0.286. The Labute approximate surface area is 232 Å². The van der Waals surface area contributed by atoms with Gasteiger partial charge in [-0.3, -0.25) is 24.0 Å². The molecule has 212 valence electrons. The highest BCUT2D eigenvalue weighted by molar-refractivity contribution is 7.92. The highest BCUT2D eigenvalue weighted by atomic mass is 32.2. The van der Waals surface area contributed by atoms with Gasteiger partial charge in [0.15, 0.2) is 0 Å². The molecule has 0 spiro atoms. The smallest absolute Gasteiger partial charge is 0.271 e. The molecule has 0 aromatic heterocycles. The number of hydrogen-bond acceptors (Lipinski definition) is 6. The zero-order chi connectivity index (χ0) is 29.4. The van der Waals surface area contributed by atoms with Crippen LogP contribution in [0.5, 0.6) is 0 Å². The first-order chi connectivity index (χ1) is 18.9. The van der Waals surface area contributed by atoms with Crippen molar-refractivity contribution in [2.24, 2.45) is 0 Å². The summed E-state index contributed by atoms with van der Waals surface area (Å²) in [4.78, 5) is 38.7. The standard InChI is InChI=1S/C28H31FN4O6S/c1-4-20(2)30-28(35)21(3)31(18-22-13-15-23(29)16-14-22)27(34)19-32(24-9-8-10-25(17-24)33(36)37)40(38,39)26-11-6-5-7-12-26/h5-17,20-21H,4,18-19H2,1-3H3,(H,30,35)/t20-,21-/m0/s1. The SMILES string of the molecule is CC[C@H](C)NC(=O)[C@H](C)N(Cc1ccc(F)cc1)C(=O)CN(c1cccc([N+](=O)[O-])c1)S(=O)(=O)c1ccccc1. The van der Waals surface area contributed by atoms with E-state index in [2.05, 4.69) is 5.32 Å². The third-order valence-electron chi connectivity index (χ3n) is 6.37. The molecule has 2 amide bonds. The Balaban J connectivity index is 2.05. The van der Waals surface area contributed by atoms with Gasteiger partial charge in [0.25, 0.3) is 15.7 Å². The van der Waals surface area contributed by atoms with Crippen LogP contribution in [0.2, 0.25) is 0 Å². The van der Waals surface area contributed by atoms with E-state index >= 15 is 0 Å². The third-order valence-corrected chi connectivity index (χ3v) is 8.16. The Morgan fingerprint density at radius 3 is 2.25 bits per heavy atom. The molecule has 2 atom stereocenters. The number of benzene rings is 3. The molecule has 0 bridgehead atoms. The van der Waals surface area contributed by atoms with Crippen LogP contribution in [0.25, 0.3) is 0 Å². The molecule has 40 heavy (non-hydrogen) atoms. The number of carbonyl (C=O) groups excluding carboxylic acids is 2. The summed E-state index contributed by atoms with van der Waals surface area (Å²) in [6, 6.07) is 16.5. The summed E-state index contributed by atoms with van der Waals surface area (Å²) in [6.07, 6.45) is 0.653. The molecule has 3 aromatic rings. The maximum Gasteiger partial charge on any atom is 0.271 e. The molecule has 0 aliphatic rings. The number of rotatable bonds is 12. The molecular weight excluding hydrogens is 539 g/mol. The largest absolute Gasteiger partial charge is 0.352 e. The molecule has 0 unspecified atom stereocenters. The Morgan fingerprint density at radius 2 is 1.65 bits per heavy atom. The second-order valence-corrected chi connectivity index (χ2v) is 11.1. The average Bonchev–Trinajstić information content (AvgIpc) is 2.95. The van der Waals surface area contributed by atoms with Crippen molar-refractivity contribution in [2.75, 3.05) is 10.8 Å². The van der Waals surface area contributed by atoms with Gasteiger partial charge in [0.1, 0.15) is 18.4 Å². The second-order valence-electron chi connectivity index (χ2n) is 9.24. The first-order valence-corrected chi connectivity index (χ1v) is 14.0. The number of anilines is 1. The lowest BCUT2D eigenvalue weighted by Crippen LogP contribution is -2.52. The van der Waals surface area contributed by atoms with Gasteiger partial charge in [-0.05, 0) is 56.2 Å². The lowest BCUT2D eigenvalue weighted by atomic mass is 10.1. The van der Waals surface area contributed by atoms with Crippen molar-refractivity contribution < 1.29 is 27.3 Å². The predicted octanol–water partition coefficient (Wildman–Crippen LogP) is 4.26. The van der Waals surface area contributed by atoms with Gasteiger partial charge < -0.3 is 10.2 Å². The molecule has 3 rings (SSSR count). The van der Waals surface area contributed by atoms with Crippen molar-refractivity contribution in [2.45, 2.75) is 50.7 Å². The first-order valence-electron chi connectivity index (χ1n) is 12.6. The molecule has 12 heteroatoms. The topological polar surface area (TPSA) is 130 Å². The summed E-state index contributed by atoms with van der Waals surface area (Å²) in [5, 5.41) is 14.2. The van der Waals surface area contributed by atoms with E-state index in [1.807, 2.05) is 13.8 Å². The summed E-state index contributed by atoms with van der Waals surface area (Å²) in [5.74, 6) is -1.66. The van der Waals surface area contributed by atoms with Gasteiger partial charge >= 0.3 is 0 Å². The van der Waals surface area contributed by atoms with E-state index in [4.69, 9.17) is 0 Å². The number of amides is 2. The van der Waals surface area contributed by atoms with Gasteiger partial charge in [-0.2, -0.15) is 0 Å². The van der Waals surface area contributed by atoms with E-state index in [1.54, 1.807) is 6.07 Å². The van der Waals surface area contributed by atoms with Crippen molar-refractivity contribution >= 4 is 33.2 Å². The molecule has 0 aliphatic heterocycles. The van der Waals surface area contributed by atoms with Crippen LogP contribution >= 0.6 is 0 Å². The molecule has 0 aliphatic carbocycles. The minimum Gasteiger partial charge on any atom is -0.352 e. The van der Waals surface area contributed by atoms with Gasteiger partial charge in [0.2, 0.25) is 11.8 Å². The normalized spacial score (nSPS) is 12.7. The summed E-state index contributed by atoms with van der Waals surface area (Å²) in [7, 11) is -4.36. The molecule has 3 aromatic carbocycles. The number of nitro groups is 1. The molecular formula is C28H31FN4O6S. The number of hydrogen-bond donors (Lipinski definition) is 1. The van der Waals surface area contributed by atoms with Gasteiger partial charge in [0, 0.05) is 24.7 Å².